The van der Waals surface area contributed by atoms with Crippen molar-refractivity contribution in [1.29, 1.82) is 0 Å². The quantitative estimate of drug-likeness (QED) is 0.214. The number of hydrazone groups is 1. The molecule has 5 nitrogen and oxygen atoms in total. The zero-order chi connectivity index (χ0) is 20.8. The van der Waals surface area contributed by atoms with Gasteiger partial charge in [0.1, 0.15) is 5.75 Å². The number of hydrogen-bond acceptors (Lipinski definition) is 4. The van der Waals surface area contributed by atoms with Crippen LogP contribution in [0.1, 0.15) is 26.3 Å². The molecule has 0 heterocycles. The molecule has 3 rings (SSSR count). The molecule has 0 saturated carbocycles. The number of ether oxygens (including phenoxy) is 1. The summed E-state index contributed by atoms with van der Waals surface area (Å²) in [7, 11) is 0. The van der Waals surface area contributed by atoms with Crippen LogP contribution in [0.5, 0.6) is 5.75 Å². The summed E-state index contributed by atoms with van der Waals surface area (Å²) in [5, 5.41) is 4.55. The number of halogens is 3. The van der Waals surface area contributed by atoms with Crippen LogP contribution in [-0.4, -0.2) is 18.1 Å². The number of hydrogen-bond donors (Lipinski definition) is 1. The Labute approximate surface area is 185 Å². The lowest BCUT2D eigenvalue weighted by Gasteiger charge is -2.09. The van der Waals surface area contributed by atoms with Crippen molar-refractivity contribution in [3.63, 3.8) is 0 Å². The normalized spacial score (nSPS) is 10.7. The molecule has 29 heavy (non-hydrogen) atoms. The highest BCUT2D eigenvalue weighted by atomic mass is 79.9. The lowest BCUT2D eigenvalue weighted by Crippen LogP contribution is -2.17. The second-order valence-electron chi connectivity index (χ2n) is 5.76. The standard InChI is InChI=1S/C21H13BrCl2N2O3/c22-15-6-9-19(29-21(28)17-8-7-16(23)11-18(17)24)14(10-15)12-25-26-20(27)13-4-2-1-3-5-13/h1-12H,(H,26,27). The molecule has 0 aliphatic carbocycles. The predicted molar refractivity (Wildman–Crippen MR) is 117 cm³/mol. The molecule has 3 aromatic carbocycles. The van der Waals surface area contributed by atoms with Crippen molar-refractivity contribution < 1.29 is 14.3 Å². The summed E-state index contributed by atoms with van der Waals surface area (Å²) in [5.41, 5.74) is 3.57. The van der Waals surface area contributed by atoms with Crippen LogP contribution >= 0.6 is 39.1 Å². The topological polar surface area (TPSA) is 67.8 Å². The van der Waals surface area contributed by atoms with E-state index in [0.29, 0.717) is 16.1 Å². The summed E-state index contributed by atoms with van der Waals surface area (Å²) in [6, 6.07) is 18.2. The third-order valence-corrected chi connectivity index (χ3v) is 4.77. The van der Waals surface area contributed by atoms with E-state index in [2.05, 4.69) is 26.5 Å². The number of benzene rings is 3. The number of nitrogens with one attached hydrogen (secondary N) is 1. The predicted octanol–water partition coefficient (Wildman–Crippen LogP) is 5.74. The summed E-state index contributed by atoms with van der Waals surface area (Å²) >= 11 is 15.3. The number of amides is 1. The first-order valence-electron chi connectivity index (χ1n) is 8.29. The van der Waals surface area contributed by atoms with Crippen LogP contribution < -0.4 is 10.2 Å². The first kappa shape index (κ1) is 21.0. The largest absolute Gasteiger partial charge is 0.422 e. The molecular formula is C21H13BrCl2N2O3. The molecule has 146 valence electrons. The van der Waals surface area contributed by atoms with Crippen LogP contribution in [0, 0.1) is 0 Å². The van der Waals surface area contributed by atoms with Gasteiger partial charge in [0.15, 0.2) is 0 Å². The average molecular weight is 492 g/mol. The van der Waals surface area contributed by atoms with Crippen LogP contribution in [0.4, 0.5) is 0 Å². The summed E-state index contributed by atoms with van der Waals surface area (Å²) < 4.78 is 6.21. The van der Waals surface area contributed by atoms with Gasteiger partial charge in [-0.15, -0.1) is 0 Å². The molecule has 0 aliphatic heterocycles. The molecule has 1 amide bonds. The fraction of sp³-hybridized carbons (Fsp3) is 0. The minimum absolute atomic E-state index is 0.180. The van der Waals surface area contributed by atoms with Gasteiger partial charge in [-0.3, -0.25) is 4.79 Å². The Hall–Kier alpha value is -2.67. The Bertz CT molecular complexity index is 1090. The Balaban J connectivity index is 1.77. The number of rotatable bonds is 5. The molecule has 0 spiro atoms. The maximum Gasteiger partial charge on any atom is 0.345 e. The zero-order valence-electron chi connectivity index (χ0n) is 14.7. The van der Waals surface area contributed by atoms with E-state index in [0.717, 1.165) is 4.47 Å². The van der Waals surface area contributed by atoms with Gasteiger partial charge in [0.25, 0.3) is 5.91 Å². The molecule has 0 bridgehead atoms. The SMILES string of the molecule is O=C(NN=Cc1cc(Br)ccc1OC(=O)c1ccc(Cl)cc1Cl)c1ccccc1. The summed E-state index contributed by atoms with van der Waals surface area (Å²) in [4.78, 5) is 24.5. The molecule has 1 N–H and O–H groups in total. The molecular weight excluding hydrogens is 479 g/mol. The summed E-state index contributed by atoms with van der Waals surface area (Å²) in [6.07, 6.45) is 1.39. The molecule has 0 fully saturated rings. The second kappa shape index (κ2) is 9.69. The molecule has 0 aromatic heterocycles. The monoisotopic (exact) mass is 490 g/mol. The van der Waals surface area contributed by atoms with Crippen molar-refractivity contribution in [2.45, 2.75) is 0 Å². The van der Waals surface area contributed by atoms with E-state index in [9.17, 15) is 9.59 Å². The second-order valence-corrected chi connectivity index (χ2v) is 7.52. The molecule has 0 aliphatic rings. The van der Waals surface area contributed by atoms with E-state index >= 15 is 0 Å². The maximum absolute atomic E-state index is 12.5. The van der Waals surface area contributed by atoms with Crippen LogP contribution in [0.3, 0.4) is 0 Å². The van der Waals surface area contributed by atoms with E-state index in [4.69, 9.17) is 27.9 Å². The molecule has 3 aromatic rings. The van der Waals surface area contributed by atoms with Crippen molar-refractivity contribution >= 4 is 57.2 Å². The van der Waals surface area contributed by atoms with E-state index in [-0.39, 0.29) is 22.2 Å². The average Bonchev–Trinajstić information content (AvgIpc) is 2.70. The van der Waals surface area contributed by atoms with Crippen molar-refractivity contribution in [3.8, 4) is 5.75 Å². The van der Waals surface area contributed by atoms with Crippen molar-refractivity contribution in [1.82, 2.24) is 5.43 Å². The molecule has 8 heteroatoms. The van der Waals surface area contributed by atoms with Gasteiger partial charge in [-0.25, -0.2) is 10.2 Å². The van der Waals surface area contributed by atoms with Crippen molar-refractivity contribution in [2.24, 2.45) is 5.10 Å². The number of nitrogens with zero attached hydrogens (tertiary/aromatic N) is 1. The van der Waals surface area contributed by atoms with Gasteiger partial charge in [0.2, 0.25) is 0 Å². The van der Waals surface area contributed by atoms with Gasteiger partial charge >= 0.3 is 5.97 Å². The fourth-order valence-corrected chi connectivity index (χ4v) is 3.20. The van der Waals surface area contributed by atoms with Crippen molar-refractivity contribution in [3.05, 3.63) is 97.9 Å². The van der Waals surface area contributed by atoms with E-state index in [1.807, 2.05) is 6.07 Å². The Morgan fingerprint density at radius 1 is 1.00 bits per heavy atom. The highest BCUT2D eigenvalue weighted by Gasteiger charge is 2.15. The third kappa shape index (κ3) is 5.67. The number of carbonyl (C=O) groups excluding carboxylic acids is 2. The molecule has 0 saturated heterocycles. The fourth-order valence-electron chi connectivity index (χ4n) is 2.34. The van der Waals surface area contributed by atoms with Gasteiger partial charge < -0.3 is 4.74 Å². The minimum Gasteiger partial charge on any atom is -0.422 e. The van der Waals surface area contributed by atoms with Crippen LogP contribution in [0.15, 0.2) is 76.3 Å². The Morgan fingerprint density at radius 2 is 1.76 bits per heavy atom. The third-order valence-electron chi connectivity index (χ3n) is 3.73. The Morgan fingerprint density at radius 3 is 2.48 bits per heavy atom. The maximum atomic E-state index is 12.5. The molecule has 0 radical (unpaired) electrons. The zero-order valence-corrected chi connectivity index (χ0v) is 17.8. The van der Waals surface area contributed by atoms with E-state index in [1.165, 1.54) is 18.3 Å². The number of carbonyl (C=O) groups is 2. The van der Waals surface area contributed by atoms with Gasteiger partial charge in [-0.2, -0.15) is 5.10 Å². The van der Waals surface area contributed by atoms with Gasteiger partial charge in [0.05, 0.1) is 16.8 Å². The Kier molecular flexibility index (Phi) is 7.04. The van der Waals surface area contributed by atoms with Gasteiger partial charge in [-0.1, -0.05) is 57.3 Å². The summed E-state index contributed by atoms with van der Waals surface area (Å²) in [6.45, 7) is 0. The van der Waals surface area contributed by atoms with Crippen LogP contribution in [0.25, 0.3) is 0 Å². The lowest BCUT2D eigenvalue weighted by molar-refractivity contribution is 0.0734. The minimum atomic E-state index is -0.642. The van der Waals surface area contributed by atoms with Gasteiger partial charge in [-0.05, 0) is 48.5 Å². The first-order valence-corrected chi connectivity index (χ1v) is 9.84. The lowest BCUT2D eigenvalue weighted by atomic mass is 10.2. The first-order chi connectivity index (χ1) is 13.9. The molecule has 0 atom stereocenters. The van der Waals surface area contributed by atoms with Crippen LogP contribution in [0.2, 0.25) is 10.0 Å². The van der Waals surface area contributed by atoms with E-state index < -0.39 is 5.97 Å². The van der Waals surface area contributed by atoms with Crippen LogP contribution in [-0.2, 0) is 0 Å². The van der Waals surface area contributed by atoms with Crippen molar-refractivity contribution in [2.75, 3.05) is 0 Å². The summed E-state index contributed by atoms with van der Waals surface area (Å²) in [5.74, 6) is -0.748. The smallest absolute Gasteiger partial charge is 0.345 e. The number of esters is 1. The highest BCUT2D eigenvalue weighted by molar-refractivity contribution is 9.10. The molecule has 0 unspecified atom stereocenters. The highest BCUT2D eigenvalue weighted by Crippen LogP contribution is 2.26. The van der Waals surface area contributed by atoms with Gasteiger partial charge in [0, 0.05) is 20.6 Å². The van der Waals surface area contributed by atoms with E-state index in [1.54, 1.807) is 48.5 Å².